The van der Waals surface area contributed by atoms with Crippen LogP contribution in [0.15, 0.2) is 78.6 Å². The molecule has 1 aliphatic rings. The van der Waals surface area contributed by atoms with Crippen LogP contribution in [0.4, 0.5) is 0 Å². The van der Waals surface area contributed by atoms with Gasteiger partial charge in [0.1, 0.15) is 5.76 Å². The van der Waals surface area contributed by atoms with Crippen LogP contribution in [0.2, 0.25) is 0 Å². The molecule has 0 amide bonds. The Morgan fingerprint density at radius 3 is 2.11 bits per heavy atom. The number of hydrogen-bond acceptors (Lipinski definition) is 5. The molecule has 2 atom stereocenters. The van der Waals surface area contributed by atoms with Gasteiger partial charge in [-0.15, -0.1) is 0 Å². The molecule has 0 spiro atoms. The number of nitriles is 1. The van der Waals surface area contributed by atoms with Crippen molar-refractivity contribution in [1.29, 1.82) is 5.26 Å². The summed E-state index contributed by atoms with van der Waals surface area (Å²) in [5.74, 6) is -1.77. The van der Waals surface area contributed by atoms with Crippen molar-refractivity contribution < 1.29 is 18.9 Å². The molecule has 3 rings (SSSR count). The number of rotatable bonds is 6. The summed E-state index contributed by atoms with van der Waals surface area (Å²) in [4.78, 5) is 0. The minimum Gasteiger partial charge on any atom is -0.505 e. The molecule has 0 bridgehead atoms. The molecule has 0 N–H and O–H groups in total. The van der Waals surface area contributed by atoms with Crippen LogP contribution >= 0.6 is 0 Å². The van der Waals surface area contributed by atoms with Crippen molar-refractivity contribution in [2.24, 2.45) is 5.92 Å². The van der Waals surface area contributed by atoms with Crippen molar-refractivity contribution in [2.45, 2.75) is 11.9 Å². The Bertz CT molecular complexity index is 880. The summed E-state index contributed by atoms with van der Waals surface area (Å²) in [5.41, 5.74) is 2.25. The minimum atomic E-state index is -1.42. The van der Waals surface area contributed by atoms with Crippen LogP contribution in [-0.2, 0) is 18.9 Å². The molecular weight excluding hydrogens is 354 g/mol. The molecule has 0 unspecified atom stereocenters. The van der Waals surface area contributed by atoms with Crippen LogP contribution < -0.4 is 0 Å². The molecule has 144 valence electrons. The van der Waals surface area contributed by atoms with Gasteiger partial charge in [-0.05, 0) is 11.6 Å². The molecule has 0 aromatic heterocycles. The monoisotopic (exact) mass is 377 g/mol. The fraction of sp³-hybridized carbons (Fsp3) is 0.261. The fourth-order valence-electron chi connectivity index (χ4n) is 3.58. The Kier molecular flexibility index (Phi) is 6.15. The van der Waals surface area contributed by atoms with Crippen molar-refractivity contribution in [3.8, 4) is 6.07 Å². The van der Waals surface area contributed by atoms with Crippen molar-refractivity contribution in [1.82, 2.24) is 0 Å². The Morgan fingerprint density at radius 1 is 0.964 bits per heavy atom. The lowest BCUT2D eigenvalue weighted by Gasteiger charge is -2.44. The average Bonchev–Trinajstić information content (AvgIpc) is 2.77. The lowest BCUT2D eigenvalue weighted by atomic mass is 9.76. The Morgan fingerprint density at radius 2 is 1.57 bits per heavy atom. The molecule has 1 aliphatic heterocycles. The molecule has 0 saturated heterocycles. The van der Waals surface area contributed by atoms with E-state index in [1.54, 1.807) is 13.4 Å². The highest BCUT2D eigenvalue weighted by Gasteiger charge is 2.52. The fourth-order valence-corrected chi connectivity index (χ4v) is 3.58. The molecule has 0 fully saturated rings. The van der Waals surface area contributed by atoms with E-state index in [0.29, 0.717) is 11.3 Å². The van der Waals surface area contributed by atoms with Crippen LogP contribution in [0.1, 0.15) is 17.0 Å². The van der Waals surface area contributed by atoms with Crippen molar-refractivity contribution >= 4 is 5.76 Å². The standard InChI is InChI=1S/C23H23NO4/c1-25-15-14-20-21(17-10-6-4-7-11-17)19(16-24)22(18-12-8-5-9-13-18)28-23(20,26-2)27-3/h4-15,20-21H,1-3H3/b15-14+/t20-,21-/m0/s1. The van der Waals surface area contributed by atoms with E-state index < -0.39 is 11.9 Å². The zero-order valence-electron chi connectivity index (χ0n) is 16.2. The van der Waals surface area contributed by atoms with Gasteiger partial charge in [0.2, 0.25) is 0 Å². The Hall–Kier alpha value is -3.07. The first-order chi connectivity index (χ1) is 13.7. The van der Waals surface area contributed by atoms with Gasteiger partial charge in [0.15, 0.2) is 0 Å². The maximum Gasteiger partial charge on any atom is 0.334 e. The van der Waals surface area contributed by atoms with Crippen molar-refractivity contribution in [2.75, 3.05) is 21.3 Å². The second-order valence-electron chi connectivity index (χ2n) is 6.31. The Labute approximate surface area is 165 Å². The van der Waals surface area contributed by atoms with Gasteiger partial charge in [-0.25, -0.2) is 0 Å². The quantitative estimate of drug-likeness (QED) is 0.549. The second-order valence-corrected chi connectivity index (χ2v) is 6.31. The van der Waals surface area contributed by atoms with E-state index >= 15 is 0 Å². The van der Waals surface area contributed by atoms with Gasteiger partial charge in [0.05, 0.1) is 30.9 Å². The highest BCUT2D eigenvalue weighted by Crippen LogP contribution is 2.50. The lowest BCUT2D eigenvalue weighted by molar-refractivity contribution is -0.361. The first-order valence-electron chi connectivity index (χ1n) is 8.94. The largest absolute Gasteiger partial charge is 0.505 e. The predicted octanol–water partition coefficient (Wildman–Crippen LogP) is 4.46. The molecule has 0 radical (unpaired) electrons. The van der Waals surface area contributed by atoms with Gasteiger partial charge in [0.25, 0.3) is 0 Å². The van der Waals surface area contributed by atoms with E-state index in [1.165, 1.54) is 14.2 Å². The van der Waals surface area contributed by atoms with E-state index in [4.69, 9.17) is 18.9 Å². The number of allylic oxidation sites excluding steroid dienone is 1. The summed E-state index contributed by atoms with van der Waals surface area (Å²) in [5, 5.41) is 10.1. The van der Waals surface area contributed by atoms with E-state index in [1.807, 2.05) is 66.7 Å². The van der Waals surface area contributed by atoms with E-state index in [-0.39, 0.29) is 5.92 Å². The average molecular weight is 377 g/mol. The molecule has 2 aromatic carbocycles. The molecule has 0 saturated carbocycles. The van der Waals surface area contributed by atoms with E-state index in [0.717, 1.165) is 11.1 Å². The van der Waals surface area contributed by atoms with Gasteiger partial charge in [0, 0.05) is 25.7 Å². The molecule has 5 nitrogen and oxygen atoms in total. The third-order valence-electron chi connectivity index (χ3n) is 4.87. The van der Waals surface area contributed by atoms with Gasteiger partial charge in [-0.1, -0.05) is 60.7 Å². The molecular formula is C23H23NO4. The zero-order valence-corrected chi connectivity index (χ0v) is 16.2. The first kappa shape index (κ1) is 19.7. The normalized spacial score (nSPS) is 21.2. The minimum absolute atomic E-state index is 0.346. The number of benzene rings is 2. The molecule has 1 heterocycles. The Balaban J connectivity index is 2.29. The van der Waals surface area contributed by atoms with Crippen molar-refractivity contribution in [3.63, 3.8) is 0 Å². The van der Waals surface area contributed by atoms with E-state index in [9.17, 15) is 5.26 Å². The van der Waals surface area contributed by atoms with E-state index in [2.05, 4.69) is 6.07 Å². The summed E-state index contributed by atoms with van der Waals surface area (Å²) in [6, 6.07) is 21.7. The van der Waals surface area contributed by atoms with Gasteiger partial charge >= 0.3 is 5.97 Å². The third kappa shape index (κ3) is 3.53. The van der Waals surface area contributed by atoms with Crippen LogP contribution in [0.3, 0.4) is 0 Å². The molecule has 28 heavy (non-hydrogen) atoms. The number of nitrogens with zero attached hydrogens (tertiary/aromatic N) is 1. The summed E-state index contributed by atoms with van der Waals surface area (Å²) in [7, 11) is 4.62. The van der Waals surface area contributed by atoms with Crippen LogP contribution in [-0.4, -0.2) is 27.3 Å². The molecule has 5 heteroatoms. The number of ether oxygens (including phenoxy) is 4. The van der Waals surface area contributed by atoms with Crippen LogP contribution in [0.5, 0.6) is 0 Å². The smallest absolute Gasteiger partial charge is 0.334 e. The topological polar surface area (TPSA) is 60.7 Å². The number of methoxy groups -OCH3 is 3. The maximum absolute atomic E-state index is 10.1. The molecule has 2 aromatic rings. The highest BCUT2D eigenvalue weighted by molar-refractivity contribution is 5.70. The van der Waals surface area contributed by atoms with Crippen LogP contribution in [0.25, 0.3) is 5.76 Å². The lowest BCUT2D eigenvalue weighted by Crippen LogP contribution is -2.49. The number of hydrogen-bond donors (Lipinski definition) is 0. The zero-order chi connectivity index (χ0) is 20.0. The van der Waals surface area contributed by atoms with Gasteiger partial charge < -0.3 is 18.9 Å². The van der Waals surface area contributed by atoms with Gasteiger partial charge in [-0.3, -0.25) is 0 Å². The summed E-state index contributed by atoms with van der Waals surface area (Å²) in [6.45, 7) is 0. The molecule has 0 aliphatic carbocycles. The van der Waals surface area contributed by atoms with Crippen LogP contribution in [0, 0.1) is 17.2 Å². The summed E-state index contributed by atoms with van der Waals surface area (Å²) < 4.78 is 22.9. The SMILES string of the molecule is CO/C=C/[C@H]1[C@@H](c2ccccc2)C(C#N)=C(c2ccccc2)OC1(OC)OC. The maximum atomic E-state index is 10.1. The first-order valence-corrected chi connectivity index (χ1v) is 8.94. The summed E-state index contributed by atoms with van der Waals surface area (Å²) >= 11 is 0. The summed E-state index contributed by atoms with van der Waals surface area (Å²) in [6.07, 6.45) is 3.36. The van der Waals surface area contributed by atoms with Gasteiger partial charge in [-0.2, -0.15) is 5.26 Å². The predicted molar refractivity (Wildman–Crippen MR) is 106 cm³/mol. The third-order valence-corrected chi connectivity index (χ3v) is 4.87. The second kappa shape index (κ2) is 8.75. The van der Waals surface area contributed by atoms with Crippen molar-refractivity contribution in [3.05, 3.63) is 89.7 Å². The highest BCUT2D eigenvalue weighted by atomic mass is 16.9.